The summed E-state index contributed by atoms with van der Waals surface area (Å²) in [5.41, 5.74) is 0.872. The van der Waals surface area contributed by atoms with E-state index in [2.05, 4.69) is 4.98 Å². The highest BCUT2D eigenvalue weighted by Crippen LogP contribution is 2.37. The smallest absolute Gasteiger partial charge is 0.341 e. The van der Waals surface area contributed by atoms with E-state index in [1.54, 1.807) is 13.0 Å². The lowest BCUT2D eigenvalue weighted by Gasteiger charge is -2.26. The van der Waals surface area contributed by atoms with E-state index in [4.69, 9.17) is 5.11 Å². The van der Waals surface area contributed by atoms with Crippen LogP contribution in [0.25, 0.3) is 0 Å². The summed E-state index contributed by atoms with van der Waals surface area (Å²) in [7, 11) is 0. The molecule has 0 bridgehead atoms. The average Bonchev–Trinajstić information content (AvgIpc) is 1.97. The van der Waals surface area contributed by atoms with Crippen molar-refractivity contribution in [3.63, 3.8) is 0 Å². The summed E-state index contributed by atoms with van der Waals surface area (Å²) in [5.74, 6) is -0.866. The van der Waals surface area contributed by atoms with Crippen LogP contribution in [0.2, 0.25) is 0 Å². The Morgan fingerprint density at radius 1 is 1.53 bits per heavy atom. The van der Waals surface area contributed by atoms with E-state index in [1.807, 2.05) is 0 Å². The van der Waals surface area contributed by atoms with Gasteiger partial charge in [-0.25, -0.2) is 4.79 Å². The molecule has 1 saturated carbocycles. The number of carbonyl (C=O) groups is 1. The van der Waals surface area contributed by atoms with E-state index in [-0.39, 0.29) is 11.5 Å². The van der Waals surface area contributed by atoms with Crippen LogP contribution in [0.1, 0.15) is 46.8 Å². The maximum Gasteiger partial charge on any atom is 0.341 e. The number of nitrogens with one attached hydrogen (secondary N) is 1. The molecular weight excluding hydrogens is 194 g/mol. The number of hydrogen-bond donors (Lipinski definition) is 2. The summed E-state index contributed by atoms with van der Waals surface area (Å²) in [6.07, 6.45) is 3.10. The lowest BCUT2D eigenvalue weighted by atomic mass is 9.78. The minimum absolute atomic E-state index is 0.0784. The fourth-order valence-electron chi connectivity index (χ4n) is 1.98. The predicted molar refractivity (Wildman–Crippen MR) is 55.4 cm³/mol. The molecule has 0 saturated heterocycles. The van der Waals surface area contributed by atoms with Crippen molar-refractivity contribution in [1.29, 1.82) is 0 Å². The highest BCUT2D eigenvalue weighted by atomic mass is 16.4. The van der Waals surface area contributed by atoms with E-state index in [0.29, 0.717) is 5.56 Å². The second-order valence-corrected chi connectivity index (χ2v) is 4.04. The van der Waals surface area contributed by atoms with E-state index in [0.717, 1.165) is 25.0 Å². The zero-order valence-electron chi connectivity index (χ0n) is 8.54. The Labute approximate surface area is 87.0 Å². The van der Waals surface area contributed by atoms with Crippen LogP contribution in [0.15, 0.2) is 10.9 Å². The molecule has 0 aromatic carbocycles. The van der Waals surface area contributed by atoms with E-state index in [9.17, 15) is 9.59 Å². The molecule has 0 aliphatic heterocycles. The van der Waals surface area contributed by atoms with Crippen molar-refractivity contribution >= 4 is 5.97 Å². The standard InChI is InChI=1S/C11H13NO3/c1-6-5-8(7-3-2-4-7)9(11(14)15)10(13)12-6/h5,7H,2-4H2,1H3,(H,12,13)(H,14,15). The van der Waals surface area contributed by atoms with Gasteiger partial charge in [0.1, 0.15) is 5.56 Å². The summed E-state index contributed by atoms with van der Waals surface area (Å²) in [6, 6.07) is 1.79. The Morgan fingerprint density at radius 3 is 2.67 bits per heavy atom. The van der Waals surface area contributed by atoms with Crippen molar-refractivity contribution in [1.82, 2.24) is 4.98 Å². The lowest BCUT2D eigenvalue weighted by Crippen LogP contribution is -2.24. The third kappa shape index (κ3) is 1.67. The molecule has 0 spiro atoms. The molecule has 1 aliphatic carbocycles. The molecule has 80 valence electrons. The van der Waals surface area contributed by atoms with Gasteiger partial charge in [-0.15, -0.1) is 0 Å². The molecule has 0 radical (unpaired) electrons. The van der Waals surface area contributed by atoms with Gasteiger partial charge in [-0.3, -0.25) is 4.79 Å². The van der Waals surface area contributed by atoms with Gasteiger partial charge in [-0.05, 0) is 37.3 Å². The maximum atomic E-state index is 11.5. The number of pyridine rings is 1. The first-order chi connectivity index (χ1) is 7.09. The number of H-pyrrole nitrogens is 1. The SMILES string of the molecule is Cc1cc(C2CCC2)c(C(=O)O)c(=O)[nH]1. The molecule has 1 fully saturated rings. The van der Waals surface area contributed by atoms with Gasteiger partial charge in [0.05, 0.1) is 0 Å². The summed E-state index contributed by atoms with van der Waals surface area (Å²) in [6.45, 7) is 1.77. The summed E-state index contributed by atoms with van der Waals surface area (Å²) < 4.78 is 0. The van der Waals surface area contributed by atoms with Crippen LogP contribution >= 0.6 is 0 Å². The van der Waals surface area contributed by atoms with Crippen LogP contribution in [0.3, 0.4) is 0 Å². The predicted octanol–water partition coefficient (Wildman–Crippen LogP) is 1.65. The van der Waals surface area contributed by atoms with Gasteiger partial charge in [-0.2, -0.15) is 0 Å². The number of aromatic nitrogens is 1. The summed E-state index contributed by atoms with van der Waals surface area (Å²) >= 11 is 0. The molecule has 0 unspecified atom stereocenters. The normalized spacial score (nSPS) is 16.1. The molecule has 0 amide bonds. The minimum Gasteiger partial charge on any atom is -0.477 e. The minimum atomic E-state index is -1.13. The molecule has 1 aliphatic rings. The largest absolute Gasteiger partial charge is 0.477 e. The average molecular weight is 207 g/mol. The van der Waals surface area contributed by atoms with Crippen LogP contribution in [-0.4, -0.2) is 16.1 Å². The third-order valence-electron chi connectivity index (χ3n) is 2.96. The van der Waals surface area contributed by atoms with Crippen LogP contribution in [0.4, 0.5) is 0 Å². The third-order valence-corrected chi connectivity index (χ3v) is 2.96. The Kier molecular flexibility index (Phi) is 2.34. The molecule has 2 rings (SSSR count). The Bertz CT molecular complexity index is 457. The van der Waals surface area contributed by atoms with Crippen molar-refractivity contribution in [3.8, 4) is 0 Å². The van der Waals surface area contributed by atoms with E-state index >= 15 is 0 Å². The molecular formula is C11H13NO3. The van der Waals surface area contributed by atoms with Gasteiger partial charge in [0, 0.05) is 5.69 Å². The van der Waals surface area contributed by atoms with Gasteiger partial charge in [0.2, 0.25) is 0 Å². The molecule has 2 N–H and O–H groups in total. The first-order valence-electron chi connectivity index (χ1n) is 5.06. The van der Waals surface area contributed by atoms with Crippen molar-refractivity contribution < 1.29 is 9.90 Å². The van der Waals surface area contributed by atoms with Crippen molar-refractivity contribution in [2.24, 2.45) is 0 Å². The number of rotatable bonds is 2. The lowest BCUT2D eigenvalue weighted by molar-refractivity contribution is 0.0692. The van der Waals surface area contributed by atoms with E-state index in [1.165, 1.54) is 0 Å². The van der Waals surface area contributed by atoms with Crippen LogP contribution in [-0.2, 0) is 0 Å². The van der Waals surface area contributed by atoms with Gasteiger partial charge >= 0.3 is 5.97 Å². The number of aryl methyl sites for hydroxylation is 1. The van der Waals surface area contributed by atoms with Crippen LogP contribution in [0.5, 0.6) is 0 Å². The van der Waals surface area contributed by atoms with Gasteiger partial charge < -0.3 is 10.1 Å². The fourth-order valence-corrected chi connectivity index (χ4v) is 1.98. The van der Waals surface area contributed by atoms with Gasteiger partial charge in [0.25, 0.3) is 5.56 Å². The maximum absolute atomic E-state index is 11.5. The number of hydrogen-bond acceptors (Lipinski definition) is 2. The number of aromatic amines is 1. The van der Waals surface area contributed by atoms with Crippen LogP contribution < -0.4 is 5.56 Å². The van der Waals surface area contributed by atoms with Crippen LogP contribution in [0, 0.1) is 6.92 Å². The molecule has 0 atom stereocenters. The van der Waals surface area contributed by atoms with Crippen molar-refractivity contribution in [3.05, 3.63) is 33.2 Å². The zero-order chi connectivity index (χ0) is 11.0. The summed E-state index contributed by atoms with van der Waals surface area (Å²) in [4.78, 5) is 25.0. The molecule has 1 heterocycles. The fraction of sp³-hybridized carbons (Fsp3) is 0.455. The molecule has 1 aromatic heterocycles. The monoisotopic (exact) mass is 207 g/mol. The first kappa shape index (κ1) is 9.96. The van der Waals surface area contributed by atoms with Gasteiger partial charge in [0.15, 0.2) is 0 Å². The number of carboxylic acids is 1. The topological polar surface area (TPSA) is 70.2 Å². The second kappa shape index (κ2) is 3.53. The second-order valence-electron chi connectivity index (χ2n) is 4.04. The number of carboxylic acid groups (broad SMARTS) is 1. The Hall–Kier alpha value is -1.58. The van der Waals surface area contributed by atoms with Gasteiger partial charge in [-0.1, -0.05) is 6.42 Å². The van der Waals surface area contributed by atoms with Crippen molar-refractivity contribution in [2.75, 3.05) is 0 Å². The molecule has 4 heteroatoms. The van der Waals surface area contributed by atoms with E-state index < -0.39 is 11.5 Å². The van der Waals surface area contributed by atoms with Crippen molar-refractivity contribution in [2.45, 2.75) is 32.1 Å². The zero-order valence-corrected chi connectivity index (χ0v) is 8.54. The Balaban J connectivity index is 2.58. The molecule has 15 heavy (non-hydrogen) atoms. The molecule has 1 aromatic rings. The molecule has 4 nitrogen and oxygen atoms in total. The Morgan fingerprint density at radius 2 is 2.20 bits per heavy atom. The summed E-state index contributed by atoms with van der Waals surface area (Å²) in [5, 5.41) is 8.99. The first-order valence-corrected chi connectivity index (χ1v) is 5.06. The highest BCUT2D eigenvalue weighted by Gasteiger charge is 2.26. The number of aromatic carboxylic acids is 1. The highest BCUT2D eigenvalue weighted by molar-refractivity contribution is 5.89. The quantitative estimate of drug-likeness (QED) is 0.774.